The van der Waals surface area contributed by atoms with Crippen molar-refractivity contribution in [1.29, 1.82) is 0 Å². The minimum atomic E-state index is 0.277. The van der Waals surface area contributed by atoms with E-state index >= 15 is 0 Å². The largest absolute Gasteiger partial charge is 0.508 e. The first-order valence-electron chi connectivity index (χ1n) is 21.8. The first-order chi connectivity index (χ1) is 28.8. The predicted octanol–water partition coefficient (Wildman–Crippen LogP) is 13.9. The number of nitrogen functional groups attached to an aromatic ring is 2. The van der Waals surface area contributed by atoms with Crippen molar-refractivity contribution in [1.82, 2.24) is 0 Å². The van der Waals surface area contributed by atoms with Crippen LogP contribution in [0.5, 0.6) is 5.75 Å². The van der Waals surface area contributed by atoms with Crippen LogP contribution in [-0.4, -0.2) is 16.5 Å². The second kappa shape index (κ2) is 21.4. The van der Waals surface area contributed by atoms with Gasteiger partial charge in [-0.2, -0.15) is 0 Å². The zero-order valence-electron chi connectivity index (χ0n) is 37.5. The smallest absolute Gasteiger partial charge is 0.115 e. The maximum atomic E-state index is 9.60. The number of hydrogen-bond donors (Lipinski definition) is 3. The topological polar surface area (TPSA) is 97.0 Å². The molecule has 0 heterocycles. The molecule has 0 saturated carbocycles. The summed E-state index contributed by atoms with van der Waals surface area (Å²) < 4.78 is 0. The van der Waals surface area contributed by atoms with Gasteiger partial charge in [0.25, 0.3) is 0 Å². The average molecular weight is 799 g/mol. The van der Waals surface area contributed by atoms with Crippen LogP contribution in [0.2, 0.25) is 0 Å². The van der Waals surface area contributed by atoms with Gasteiger partial charge in [0, 0.05) is 22.8 Å². The van der Waals surface area contributed by atoms with E-state index in [1.807, 2.05) is 18.2 Å². The molecule has 5 heteroatoms. The summed E-state index contributed by atoms with van der Waals surface area (Å²) in [5.41, 5.74) is 34.3. The third-order valence-electron chi connectivity index (χ3n) is 11.2. The molecule has 0 amide bonds. The van der Waals surface area contributed by atoms with E-state index in [4.69, 9.17) is 21.5 Å². The SMILES string of the molecule is CCCC(=Nc1c(C)cc(Cc2cc(C)c(N)c(C)c2)cc1C)c1ccc(O)cc1.CCCC(=Nc1ccc(Cc2ccc(N)c(CC)c2)cc1CC)c1ccc(C)cc1. The Morgan fingerprint density at radius 1 is 0.500 bits per heavy atom. The molecule has 0 saturated heterocycles. The average Bonchev–Trinajstić information content (AvgIpc) is 3.22. The summed E-state index contributed by atoms with van der Waals surface area (Å²) in [7, 11) is 0. The molecule has 6 rings (SSSR count). The zero-order chi connectivity index (χ0) is 43.3. The highest BCUT2D eigenvalue weighted by Crippen LogP contribution is 2.30. The monoisotopic (exact) mass is 799 g/mol. The van der Waals surface area contributed by atoms with Crippen molar-refractivity contribution >= 4 is 34.2 Å². The highest BCUT2D eigenvalue weighted by atomic mass is 16.3. The van der Waals surface area contributed by atoms with Crippen LogP contribution in [0, 0.1) is 34.6 Å². The number of hydrogen-bond acceptors (Lipinski definition) is 5. The van der Waals surface area contributed by atoms with Crippen molar-refractivity contribution in [2.45, 2.75) is 114 Å². The van der Waals surface area contributed by atoms with Crippen LogP contribution in [0.4, 0.5) is 22.7 Å². The first kappa shape index (κ1) is 45.1. The van der Waals surface area contributed by atoms with Crippen molar-refractivity contribution in [3.63, 3.8) is 0 Å². The van der Waals surface area contributed by atoms with Crippen molar-refractivity contribution in [2.75, 3.05) is 11.5 Å². The minimum Gasteiger partial charge on any atom is -0.508 e. The van der Waals surface area contributed by atoms with Gasteiger partial charge < -0.3 is 16.6 Å². The normalized spacial score (nSPS) is 11.7. The second-order valence-electron chi connectivity index (χ2n) is 16.3. The van der Waals surface area contributed by atoms with Crippen molar-refractivity contribution < 1.29 is 5.11 Å². The van der Waals surface area contributed by atoms with Crippen molar-refractivity contribution in [3.05, 3.63) is 182 Å². The maximum Gasteiger partial charge on any atom is 0.115 e. The molecule has 6 aromatic carbocycles. The third kappa shape index (κ3) is 12.1. The van der Waals surface area contributed by atoms with Gasteiger partial charge in [0.1, 0.15) is 5.75 Å². The molecule has 0 bridgehead atoms. The number of aryl methyl sites for hydroxylation is 7. The Hall–Kier alpha value is -5.94. The van der Waals surface area contributed by atoms with Crippen molar-refractivity contribution in [2.24, 2.45) is 9.98 Å². The van der Waals surface area contributed by atoms with Gasteiger partial charge in [-0.1, -0.05) is 119 Å². The van der Waals surface area contributed by atoms with E-state index in [2.05, 4.69) is 141 Å². The van der Waals surface area contributed by atoms with Gasteiger partial charge >= 0.3 is 0 Å². The molecule has 6 aromatic rings. The van der Waals surface area contributed by atoms with Crippen LogP contribution in [-0.2, 0) is 25.7 Å². The van der Waals surface area contributed by atoms with Gasteiger partial charge in [-0.05, 0) is 176 Å². The van der Waals surface area contributed by atoms with Gasteiger partial charge in [-0.3, -0.25) is 9.98 Å². The quantitative estimate of drug-likeness (QED) is 0.0756. The Morgan fingerprint density at radius 2 is 0.967 bits per heavy atom. The number of nitrogens with two attached hydrogens (primary N) is 2. The highest BCUT2D eigenvalue weighted by Gasteiger charge is 2.12. The molecule has 0 aliphatic heterocycles. The summed E-state index contributed by atoms with van der Waals surface area (Å²) in [5.74, 6) is 0.277. The van der Waals surface area contributed by atoms with Gasteiger partial charge in [0.15, 0.2) is 0 Å². The fraction of sp³-hybridized carbons (Fsp3) is 0.309. The standard InChI is InChI=1S/C28H34N2.C27H32N2O/c1-5-8-27(25-13-9-20(4)10-14-25)30-28-16-12-22(19-24(28)7-3)17-21-11-15-26(29)23(6-2)18-21;1-6-7-25(23-8-10-24(30)11-9-23)29-27-19(4)14-22(15-20(27)5)16-21-12-17(2)26(28)18(3)13-21/h9-16,18-19H,5-8,17,29H2,1-4H3;8-15,30H,6-7,16,28H2,1-5H3. The van der Waals surface area contributed by atoms with Crippen LogP contribution < -0.4 is 11.5 Å². The molecule has 5 N–H and O–H groups in total. The molecule has 0 spiro atoms. The van der Waals surface area contributed by atoms with Crippen LogP contribution in [0.15, 0.2) is 119 Å². The second-order valence-corrected chi connectivity index (χ2v) is 16.3. The number of phenols is 1. The number of nitrogens with zero attached hydrogens (tertiary/aromatic N) is 2. The molecule has 0 aliphatic carbocycles. The van der Waals surface area contributed by atoms with E-state index in [9.17, 15) is 5.11 Å². The summed E-state index contributed by atoms with van der Waals surface area (Å²) in [6.07, 6.45) is 7.73. The number of aromatic hydroxyl groups is 1. The predicted molar refractivity (Wildman–Crippen MR) is 259 cm³/mol. The van der Waals surface area contributed by atoms with Crippen LogP contribution in [0.1, 0.15) is 126 Å². The van der Waals surface area contributed by atoms with E-state index in [0.29, 0.717) is 0 Å². The van der Waals surface area contributed by atoms with Crippen LogP contribution >= 0.6 is 0 Å². The number of phenolic OH excluding ortho intramolecular Hbond substituents is 1. The number of rotatable bonds is 14. The van der Waals surface area contributed by atoms with Crippen LogP contribution in [0.25, 0.3) is 0 Å². The fourth-order valence-electron chi connectivity index (χ4n) is 7.86. The highest BCUT2D eigenvalue weighted by molar-refractivity contribution is 6.03. The third-order valence-corrected chi connectivity index (χ3v) is 11.2. The fourth-order valence-corrected chi connectivity index (χ4v) is 7.86. The summed E-state index contributed by atoms with van der Waals surface area (Å²) in [4.78, 5) is 10.2. The summed E-state index contributed by atoms with van der Waals surface area (Å²) in [6.45, 7) is 19.3. The molecule has 60 heavy (non-hydrogen) atoms. The Balaban J connectivity index is 0.000000228. The van der Waals surface area contributed by atoms with Gasteiger partial charge in [-0.25, -0.2) is 0 Å². The molecular formula is C55H66N4O. The summed E-state index contributed by atoms with van der Waals surface area (Å²) in [6, 6.07) is 38.0. The maximum absolute atomic E-state index is 9.60. The van der Waals surface area contributed by atoms with E-state index in [1.165, 1.54) is 61.3 Å². The van der Waals surface area contributed by atoms with E-state index in [1.54, 1.807) is 12.1 Å². The first-order valence-corrected chi connectivity index (χ1v) is 21.8. The molecule has 0 aromatic heterocycles. The Bertz CT molecular complexity index is 2390. The van der Waals surface area contributed by atoms with E-state index in [-0.39, 0.29) is 5.75 Å². The van der Waals surface area contributed by atoms with Gasteiger partial charge in [-0.15, -0.1) is 0 Å². The van der Waals surface area contributed by atoms with E-state index < -0.39 is 0 Å². The zero-order valence-corrected chi connectivity index (χ0v) is 37.5. The lowest BCUT2D eigenvalue weighted by Crippen LogP contribution is -2.01. The lowest BCUT2D eigenvalue weighted by Gasteiger charge is -2.13. The van der Waals surface area contributed by atoms with Gasteiger partial charge in [0.05, 0.1) is 11.4 Å². The molecule has 0 fully saturated rings. The number of anilines is 2. The van der Waals surface area contributed by atoms with Crippen molar-refractivity contribution in [3.8, 4) is 5.75 Å². The Morgan fingerprint density at radius 3 is 1.50 bits per heavy atom. The lowest BCUT2D eigenvalue weighted by molar-refractivity contribution is 0.475. The van der Waals surface area contributed by atoms with Gasteiger partial charge in [0.2, 0.25) is 0 Å². The summed E-state index contributed by atoms with van der Waals surface area (Å²) >= 11 is 0. The number of benzene rings is 6. The molecule has 312 valence electrons. The summed E-state index contributed by atoms with van der Waals surface area (Å²) in [5, 5.41) is 9.60. The minimum absolute atomic E-state index is 0.277. The lowest BCUT2D eigenvalue weighted by atomic mass is 9.96. The molecule has 0 unspecified atom stereocenters. The number of aliphatic imine (C=N–C) groups is 2. The van der Waals surface area contributed by atoms with Crippen LogP contribution in [0.3, 0.4) is 0 Å². The molecule has 0 aliphatic rings. The molecular weight excluding hydrogens is 733 g/mol. The Labute approximate surface area is 360 Å². The van der Waals surface area contributed by atoms with E-state index in [0.717, 1.165) is 96.5 Å². The molecule has 0 atom stereocenters. The molecule has 5 nitrogen and oxygen atoms in total. The molecule has 0 radical (unpaired) electrons. The Kier molecular flexibility index (Phi) is 16.1.